The molecule has 0 amide bonds. The van der Waals surface area contributed by atoms with Crippen LogP contribution in [0.25, 0.3) is 0 Å². The Kier molecular flexibility index (Phi) is 4.13. The van der Waals surface area contributed by atoms with Crippen LogP contribution >= 0.6 is 27.5 Å². The second-order valence-corrected chi connectivity index (χ2v) is 4.99. The zero-order valence-corrected chi connectivity index (χ0v) is 11.8. The van der Waals surface area contributed by atoms with Gasteiger partial charge in [-0.2, -0.15) is 0 Å². The zero-order chi connectivity index (χ0) is 12.3. The predicted octanol–water partition coefficient (Wildman–Crippen LogP) is 4.87. The second-order valence-electron chi connectivity index (χ2n) is 3.70. The van der Waals surface area contributed by atoms with E-state index in [0.29, 0.717) is 11.6 Å². The van der Waals surface area contributed by atoms with Gasteiger partial charge in [0, 0.05) is 21.6 Å². The lowest BCUT2D eigenvalue weighted by Gasteiger charge is -2.07. The van der Waals surface area contributed by atoms with E-state index >= 15 is 0 Å². The number of aryl methyl sites for hydroxylation is 1. The minimum Gasteiger partial charge on any atom is -0.464 e. The Bertz CT molecular complexity index is 510. The van der Waals surface area contributed by atoms with Crippen molar-refractivity contribution in [3.8, 4) is 0 Å². The Morgan fingerprint density at radius 1 is 1.24 bits per heavy atom. The average Bonchev–Trinajstić information content (AvgIpc) is 2.76. The van der Waals surface area contributed by atoms with Gasteiger partial charge in [-0.3, -0.25) is 0 Å². The van der Waals surface area contributed by atoms with Crippen LogP contribution in [0.4, 0.5) is 5.69 Å². The number of benzene rings is 1. The molecule has 1 heterocycles. The minimum atomic E-state index is 0.667. The molecule has 0 atom stereocenters. The van der Waals surface area contributed by atoms with E-state index in [2.05, 4.69) is 28.2 Å². The van der Waals surface area contributed by atoms with E-state index in [0.717, 1.165) is 28.1 Å². The third-order valence-corrected chi connectivity index (χ3v) is 3.34. The maximum absolute atomic E-state index is 5.88. The quantitative estimate of drug-likeness (QED) is 0.871. The summed E-state index contributed by atoms with van der Waals surface area (Å²) in [5.41, 5.74) is 1.00. The molecule has 0 aliphatic rings. The fourth-order valence-corrected chi connectivity index (χ4v) is 2.35. The van der Waals surface area contributed by atoms with Crippen molar-refractivity contribution in [3.63, 3.8) is 0 Å². The van der Waals surface area contributed by atoms with Crippen LogP contribution in [0.3, 0.4) is 0 Å². The Hall–Kier alpha value is -0.930. The first-order chi connectivity index (χ1) is 8.19. The van der Waals surface area contributed by atoms with E-state index in [9.17, 15) is 0 Å². The molecule has 0 radical (unpaired) electrons. The molecule has 4 heteroatoms. The molecule has 0 aliphatic carbocycles. The van der Waals surface area contributed by atoms with Crippen LogP contribution in [0.1, 0.15) is 18.4 Å². The van der Waals surface area contributed by atoms with Gasteiger partial charge in [-0.05, 0) is 46.3 Å². The van der Waals surface area contributed by atoms with Crippen molar-refractivity contribution in [3.05, 3.63) is 51.3 Å². The van der Waals surface area contributed by atoms with Crippen molar-refractivity contribution in [1.82, 2.24) is 0 Å². The molecular formula is C13H13BrClNO. The van der Waals surface area contributed by atoms with Gasteiger partial charge in [0.2, 0.25) is 0 Å². The molecule has 0 fully saturated rings. The Labute approximate surface area is 114 Å². The third kappa shape index (κ3) is 3.27. The lowest BCUT2D eigenvalue weighted by Crippen LogP contribution is -1.98. The molecule has 17 heavy (non-hydrogen) atoms. The summed E-state index contributed by atoms with van der Waals surface area (Å²) in [4.78, 5) is 0. The highest BCUT2D eigenvalue weighted by Crippen LogP contribution is 2.26. The molecule has 0 unspecified atom stereocenters. The number of halogens is 2. The lowest BCUT2D eigenvalue weighted by molar-refractivity contribution is 0.476. The van der Waals surface area contributed by atoms with E-state index < -0.39 is 0 Å². The van der Waals surface area contributed by atoms with Gasteiger partial charge in [-0.25, -0.2) is 0 Å². The van der Waals surface area contributed by atoms with Crippen LogP contribution in [-0.4, -0.2) is 0 Å². The Morgan fingerprint density at radius 2 is 2.00 bits per heavy atom. The summed E-state index contributed by atoms with van der Waals surface area (Å²) in [5.74, 6) is 1.95. The molecule has 2 rings (SSSR count). The molecule has 0 saturated carbocycles. The smallest absolute Gasteiger partial charge is 0.123 e. The van der Waals surface area contributed by atoms with E-state index in [1.165, 1.54) is 0 Å². The van der Waals surface area contributed by atoms with Crippen LogP contribution in [0.15, 0.2) is 39.2 Å². The average molecular weight is 315 g/mol. The summed E-state index contributed by atoms with van der Waals surface area (Å²) >= 11 is 9.34. The van der Waals surface area contributed by atoms with Gasteiger partial charge in [0.15, 0.2) is 0 Å². The van der Waals surface area contributed by atoms with Crippen molar-refractivity contribution < 1.29 is 4.42 Å². The van der Waals surface area contributed by atoms with Crippen LogP contribution in [0, 0.1) is 0 Å². The fourth-order valence-electron chi connectivity index (χ4n) is 1.52. The molecule has 2 nitrogen and oxygen atoms in total. The molecule has 0 aliphatic heterocycles. The third-order valence-electron chi connectivity index (χ3n) is 2.45. The minimum absolute atomic E-state index is 0.667. The van der Waals surface area contributed by atoms with Crippen LogP contribution < -0.4 is 5.32 Å². The monoisotopic (exact) mass is 313 g/mol. The van der Waals surface area contributed by atoms with Crippen molar-refractivity contribution in [2.24, 2.45) is 0 Å². The molecule has 0 saturated heterocycles. The van der Waals surface area contributed by atoms with Gasteiger partial charge in [0.05, 0.1) is 6.54 Å². The summed E-state index contributed by atoms with van der Waals surface area (Å²) in [6.07, 6.45) is 0.921. The number of hydrogen-bond acceptors (Lipinski definition) is 2. The van der Waals surface area contributed by atoms with Gasteiger partial charge in [-0.15, -0.1) is 0 Å². The second kappa shape index (κ2) is 5.61. The van der Waals surface area contributed by atoms with Gasteiger partial charge in [0.1, 0.15) is 11.5 Å². The number of rotatable bonds is 4. The van der Waals surface area contributed by atoms with E-state index in [-0.39, 0.29) is 0 Å². The summed E-state index contributed by atoms with van der Waals surface area (Å²) in [6, 6.07) is 9.66. The molecule has 90 valence electrons. The molecule has 0 spiro atoms. The number of anilines is 1. The van der Waals surface area contributed by atoms with Gasteiger partial charge in [0.25, 0.3) is 0 Å². The zero-order valence-electron chi connectivity index (χ0n) is 9.47. The first-order valence-electron chi connectivity index (χ1n) is 5.45. The van der Waals surface area contributed by atoms with Crippen molar-refractivity contribution in [1.29, 1.82) is 0 Å². The maximum Gasteiger partial charge on any atom is 0.123 e. The van der Waals surface area contributed by atoms with Crippen LogP contribution in [-0.2, 0) is 13.0 Å². The van der Waals surface area contributed by atoms with Gasteiger partial charge < -0.3 is 9.73 Å². The molecule has 2 aromatic rings. The summed E-state index contributed by atoms with van der Waals surface area (Å²) in [5, 5.41) is 4.01. The number of nitrogens with one attached hydrogen (secondary N) is 1. The van der Waals surface area contributed by atoms with E-state index in [4.69, 9.17) is 16.0 Å². The van der Waals surface area contributed by atoms with Gasteiger partial charge >= 0.3 is 0 Å². The highest BCUT2D eigenvalue weighted by Gasteiger charge is 2.03. The molecule has 0 bridgehead atoms. The molecule has 1 N–H and O–H groups in total. The Balaban J connectivity index is 2.02. The topological polar surface area (TPSA) is 25.2 Å². The fraction of sp³-hybridized carbons (Fsp3) is 0.231. The molecule has 1 aromatic heterocycles. The number of hydrogen-bond donors (Lipinski definition) is 1. The van der Waals surface area contributed by atoms with Crippen LogP contribution in [0.5, 0.6) is 0 Å². The first kappa shape index (κ1) is 12.5. The lowest BCUT2D eigenvalue weighted by atomic mass is 10.3. The standard InChI is InChI=1S/C13H13BrClNO/c1-2-10-4-5-11(17-10)8-16-13-6-3-9(15)7-12(13)14/h3-7,16H,2,8H2,1H3. The summed E-state index contributed by atoms with van der Waals surface area (Å²) in [6.45, 7) is 2.74. The van der Waals surface area contributed by atoms with Crippen molar-refractivity contribution in [2.45, 2.75) is 19.9 Å². The van der Waals surface area contributed by atoms with Gasteiger partial charge in [-0.1, -0.05) is 18.5 Å². The molecule has 1 aromatic carbocycles. The molecular weight excluding hydrogens is 302 g/mol. The highest BCUT2D eigenvalue weighted by molar-refractivity contribution is 9.10. The SMILES string of the molecule is CCc1ccc(CNc2ccc(Cl)cc2Br)o1. The normalized spacial score (nSPS) is 10.5. The van der Waals surface area contributed by atoms with Crippen molar-refractivity contribution in [2.75, 3.05) is 5.32 Å². The summed E-state index contributed by atoms with van der Waals surface area (Å²) < 4.78 is 6.57. The summed E-state index contributed by atoms with van der Waals surface area (Å²) in [7, 11) is 0. The van der Waals surface area contributed by atoms with Crippen LogP contribution in [0.2, 0.25) is 5.02 Å². The first-order valence-corrected chi connectivity index (χ1v) is 6.62. The largest absolute Gasteiger partial charge is 0.464 e. The Morgan fingerprint density at radius 3 is 2.65 bits per heavy atom. The van der Waals surface area contributed by atoms with E-state index in [1.54, 1.807) is 0 Å². The maximum atomic E-state index is 5.88. The van der Waals surface area contributed by atoms with E-state index in [1.807, 2.05) is 30.3 Å². The van der Waals surface area contributed by atoms with Crippen molar-refractivity contribution >= 4 is 33.2 Å². The predicted molar refractivity (Wildman–Crippen MR) is 74.6 cm³/mol. The number of furan rings is 1. The highest BCUT2D eigenvalue weighted by atomic mass is 79.9.